The van der Waals surface area contributed by atoms with Crippen LogP contribution in [-0.4, -0.2) is 29.0 Å². The molecule has 0 aliphatic heterocycles. The van der Waals surface area contributed by atoms with Gasteiger partial charge in [0, 0.05) is 14.2 Å². The highest BCUT2D eigenvalue weighted by molar-refractivity contribution is 7.80. The Balaban J connectivity index is 4.00. The van der Waals surface area contributed by atoms with Crippen LogP contribution in [-0.2, 0) is 13.3 Å². The van der Waals surface area contributed by atoms with Gasteiger partial charge in [0.15, 0.2) is 0 Å². The van der Waals surface area contributed by atoms with E-state index in [1.165, 1.54) is 14.2 Å². The Hall–Kier alpha value is 0.187. The summed E-state index contributed by atoms with van der Waals surface area (Å²) in [6.45, 7) is 3.55. The second-order valence-electron chi connectivity index (χ2n) is 1.49. The van der Waals surface area contributed by atoms with E-state index in [4.69, 9.17) is 13.3 Å². The first-order valence-electron chi connectivity index (χ1n) is 2.73. The van der Waals surface area contributed by atoms with Crippen molar-refractivity contribution in [2.24, 2.45) is 0 Å². The fraction of sp³-hybridized carbons (Fsp3) is 0.600. The van der Waals surface area contributed by atoms with Crippen molar-refractivity contribution in [1.82, 2.24) is 0 Å². The SMILES string of the molecule is C=C[Si](OC)(OC)OCS. The van der Waals surface area contributed by atoms with Gasteiger partial charge < -0.3 is 13.3 Å². The van der Waals surface area contributed by atoms with Crippen LogP contribution in [0.1, 0.15) is 0 Å². The Morgan fingerprint density at radius 3 is 2.10 bits per heavy atom. The van der Waals surface area contributed by atoms with E-state index < -0.39 is 8.80 Å². The summed E-state index contributed by atoms with van der Waals surface area (Å²) in [6.07, 6.45) is 0. The van der Waals surface area contributed by atoms with Crippen molar-refractivity contribution in [3.8, 4) is 0 Å². The molecule has 0 heterocycles. The molecule has 0 aromatic rings. The van der Waals surface area contributed by atoms with Gasteiger partial charge >= 0.3 is 8.80 Å². The van der Waals surface area contributed by atoms with Gasteiger partial charge in [-0.3, -0.25) is 0 Å². The van der Waals surface area contributed by atoms with Gasteiger partial charge in [-0.05, 0) is 5.70 Å². The van der Waals surface area contributed by atoms with Crippen molar-refractivity contribution in [3.63, 3.8) is 0 Å². The Morgan fingerprint density at radius 1 is 1.50 bits per heavy atom. The molecule has 0 radical (unpaired) electrons. The summed E-state index contributed by atoms with van der Waals surface area (Å²) in [5, 5.41) is 0. The van der Waals surface area contributed by atoms with Crippen molar-refractivity contribution < 1.29 is 13.3 Å². The molecular formula is C5H12O3SSi. The summed E-state index contributed by atoms with van der Waals surface area (Å²) in [5.41, 5.74) is 1.56. The molecule has 0 aromatic heterocycles. The van der Waals surface area contributed by atoms with E-state index in [9.17, 15) is 0 Å². The van der Waals surface area contributed by atoms with Crippen molar-refractivity contribution in [2.45, 2.75) is 0 Å². The first-order valence-corrected chi connectivity index (χ1v) is 5.17. The van der Waals surface area contributed by atoms with Crippen LogP contribution in [0.25, 0.3) is 0 Å². The standard InChI is InChI=1S/C5H12O3SSi/c1-4-10(6-2,7-3)8-5-9/h4,9H,1,5H2,2-3H3. The van der Waals surface area contributed by atoms with Crippen molar-refractivity contribution in [1.29, 1.82) is 0 Å². The van der Waals surface area contributed by atoms with Crippen molar-refractivity contribution in [3.05, 3.63) is 12.3 Å². The first kappa shape index (κ1) is 10.2. The smallest absolute Gasteiger partial charge is 0.374 e. The van der Waals surface area contributed by atoms with Gasteiger partial charge in [0.1, 0.15) is 0 Å². The van der Waals surface area contributed by atoms with E-state index in [1.54, 1.807) is 5.70 Å². The van der Waals surface area contributed by atoms with Crippen LogP contribution >= 0.6 is 12.6 Å². The van der Waals surface area contributed by atoms with Gasteiger partial charge in [-0.1, -0.05) is 6.58 Å². The molecule has 0 aromatic carbocycles. The van der Waals surface area contributed by atoms with Crippen molar-refractivity contribution >= 4 is 21.4 Å². The minimum Gasteiger partial charge on any atom is -0.374 e. The molecular weight excluding hydrogens is 168 g/mol. The third kappa shape index (κ3) is 2.43. The number of hydrogen-bond acceptors (Lipinski definition) is 4. The molecule has 0 rings (SSSR count). The highest BCUT2D eigenvalue weighted by atomic mass is 32.1. The molecule has 0 unspecified atom stereocenters. The molecule has 0 aliphatic carbocycles. The maximum atomic E-state index is 5.12. The fourth-order valence-corrected chi connectivity index (χ4v) is 2.09. The maximum absolute atomic E-state index is 5.12. The highest BCUT2D eigenvalue weighted by Gasteiger charge is 2.34. The lowest BCUT2D eigenvalue weighted by Crippen LogP contribution is -2.41. The molecule has 0 saturated carbocycles. The van der Waals surface area contributed by atoms with E-state index >= 15 is 0 Å². The third-order valence-corrected chi connectivity index (χ3v) is 3.64. The van der Waals surface area contributed by atoms with E-state index in [0.717, 1.165) is 0 Å². The van der Waals surface area contributed by atoms with Gasteiger partial charge in [-0.25, -0.2) is 0 Å². The van der Waals surface area contributed by atoms with Crippen LogP contribution in [0.5, 0.6) is 0 Å². The molecule has 60 valence electrons. The second kappa shape index (κ2) is 4.92. The molecule has 0 aliphatic rings. The molecule has 10 heavy (non-hydrogen) atoms. The summed E-state index contributed by atoms with van der Waals surface area (Å²) in [5.74, 6) is 0.278. The number of thiol groups is 1. The summed E-state index contributed by atoms with van der Waals surface area (Å²) in [4.78, 5) is 0. The zero-order chi connectivity index (χ0) is 8.04. The number of hydrogen-bond donors (Lipinski definition) is 1. The maximum Gasteiger partial charge on any atom is 0.529 e. The van der Waals surface area contributed by atoms with Gasteiger partial charge in [-0.2, -0.15) is 12.6 Å². The van der Waals surface area contributed by atoms with Crippen LogP contribution in [0.3, 0.4) is 0 Å². The summed E-state index contributed by atoms with van der Waals surface area (Å²) in [6, 6.07) is 0. The quantitative estimate of drug-likeness (QED) is 0.386. The fourth-order valence-electron chi connectivity index (χ4n) is 0.517. The van der Waals surface area contributed by atoms with Gasteiger partial charge in [0.2, 0.25) is 0 Å². The molecule has 0 N–H and O–H groups in total. The van der Waals surface area contributed by atoms with Gasteiger partial charge in [0.25, 0.3) is 0 Å². The van der Waals surface area contributed by atoms with Crippen LogP contribution in [0.2, 0.25) is 0 Å². The average molecular weight is 180 g/mol. The molecule has 5 heteroatoms. The van der Waals surface area contributed by atoms with Crippen LogP contribution in [0.4, 0.5) is 0 Å². The van der Waals surface area contributed by atoms with E-state index in [1.807, 2.05) is 0 Å². The molecule has 0 amide bonds. The van der Waals surface area contributed by atoms with Gasteiger partial charge in [-0.15, -0.1) is 0 Å². The Bertz CT molecular complexity index is 105. The van der Waals surface area contributed by atoms with E-state index in [-0.39, 0.29) is 5.94 Å². The molecule has 0 saturated heterocycles. The van der Waals surface area contributed by atoms with Crippen LogP contribution < -0.4 is 0 Å². The molecule has 0 atom stereocenters. The van der Waals surface area contributed by atoms with Crippen LogP contribution in [0, 0.1) is 0 Å². The predicted octanol–water partition coefficient (Wildman–Crippen LogP) is 0.847. The molecule has 0 spiro atoms. The topological polar surface area (TPSA) is 27.7 Å². The molecule has 3 nitrogen and oxygen atoms in total. The zero-order valence-corrected chi connectivity index (χ0v) is 8.06. The lowest BCUT2D eigenvalue weighted by Gasteiger charge is -2.20. The molecule has 0 fully saturated rings. The highest BCUT2D eigenvalue weighted by Crippen LogP contribution is 2.07. The lowest BCUT2D eigenvalue weighted by atomic mass is 11.3. The van der Waals surface area contributed by atoms with E-state index in [0.29, 0.717) is 0 Å². The predicted molar refractivity (Wildman–Crippen MR) is 44.9 cm³/mol. The summed E-state index contributed by atoms with van der Waals surface area (Å²) < 4.78 is 15.1. The summed E-state index contributed by atoms with van der Waals surface area (Å²) in [7, 11) is 0.527. The van der Waals surface area contributed by atoms with Crippen molar-refractivity contribution in [2.75, 3.05) is 20.2 Å². The Morgan fingerprint density at radius 2 is 2.00 bits per heavy atom. The van der Waals surface area contributed by atoms with E-state index in [2.05, 4.69) is 19.2 Å². The third-order valence-electron chi connectivity index (χ3n) is 1.08. The second-order valence-corrected chi connectivity index (χ2v) is 4.47. The Labute approximate surface area is 67.8 Å². The minimum absolute atomic E-state index is 0.278. The largest absolute Gasteiger partial charge is 0.529 e. The summed E-state index contributed by atoms with van der Waals surface area (Å²) >= 11 is 3.88. The number of rotatable bonds is 5. The molecule has 0 bridgehead atoms. The normalized spacial score (nSPS) is 11.5. The monoisotopic (exact) mass is 180 g/mol. The lowest BCUT2D eigenvalue weighted by molar-refractivity contribution is 0.133. The van der Waals surface area contributed by atoms with Gasteiger partial charge in [0.05, 0.1) is 5.94 Å². The zero-order valence-electron chi connectivity index (χ0n) is 6.16. The minimum atomic E-state index is -2.53. The Kier molecular flexibility index (Phi) is 5.01. The van der Waals surface area contributed by atoms with Crippen LogP contribution in [0.15, 0.2) is 12.3 Å². The average Bonchev–Trinajstić information content (AvgIpc) is 2.01. The first-order chi connectivity index (χ1) is 4.74.